The zero-order valence-corrected chi connectivity index (χ0v) is 12.8. The van der Waals surface area contributed by atoms with Crippen molar-refractivity contribution < 1.29 is 4.79 Å². The van der Waals surface area contributed by atoms with E-state index in [4.69, 9.17) is 11.6 Å². The molecule has 1 fully saturated rings. The molecule has 0 bridgehead atoms. The molecule has 2 N–H and O–H groups in total. The first-order valence-electron chi connectivity index (χ1n) is 7.09. The Morgan fingerprint density at radius 1 is 1.30 bits per heavy atom. The summed E-state index contributed by atoms with van der Waals surface area (Å²) in [6, 6.07) is 7.43. The van der Waals surface area contributed by atoms with Crippen molar-refractivity contribution in [2.75, 3.05) is 26.2 Å². The van der Waals surface area contributed by atoms with E-state index in [0.717, 1.165) is 31.7 Å². The van der Waals surface area contributed by atoms with Gasteiger partial charge >= 0.3 is 0 Å². The van der Waals surface area contributed by atoms with E-state index in [1.807, 2.05) is 38.1 Å². The van der Waals surface area contributed by atoms with Crippen molar-refractivity contribution in [1.82, 2.24) is 15.5 Å². The molecule has 1 heterocycles. The van der Waals surface area contributed by atoms with Crippen LogP contribution >= 0.6 is 11.6 Å². The quantitative estimate of drug-likeness (QED) is 0.890. The van der Waals surface area contributed by atoms with Crippen LogP contribution in [0.5, 0.6) is 0 Å². The molecule has 1 aromatic carbocycles. The Bertz CT molecular complexity index is 460. The number of hydrogen-bond acceptors (Lipinski definition) is 3. The standard InChI is InChI=1S/C15H22ClN3O/c1-11(13-5-3-4-6-14(13)16)18-15(20)12(2)19-9-7-17-8-10-19/h3-6,11-12,17H,7-10H2,1-2H3,(H,18,20). The Morgan fingerprint density at radius 3 is 2.60 bits per heavy atom. The van der Waals surface area contributed by atoms with Gasteiger partial charge in [-0.3, -0.25) is 9.69 Å². The second-order valence-electron chi connectivity index (χ2n) is 5.21. The lowest BCUT2D eigenvalue weighted by molar-refractivity contribution is -0.126. The van der Waals surface area contributed by atoms with E-state index in [1.165, 1.54) is 0 Å². The Balaban J connectivity index is 1.95. The molecule has 0 spiro atoms. The molecule has 2 atom stereocenters. The largest absolute Gasteiger partial charge is 0.348 e. The molecule has 110 valence electrons. The summed E-state index contributed by atoms with van der Waals surface area (Å²) < 4.78 is 0. The van der Waals surface area contributed by atoms with E-state index in [1.54, 1.807) is 0 Å². The SMILES string of the molecule is CC(NC(=O)C(C)N1CCNCC1)c1ccccc1Cl. The van der Waals surface area contributed by atoms with Gasteiger partial charge in [0, 0.05) is 31.2 Å². The molecule has 1 aromatic rings. The summed E-state index contributed by atoms with van der Waals surface area (Å²) in [5.41, 5.74) is 0.954. The number of amides is 1. The van der Waals surface area contributed by atoms with Gasteiger partial charge in [0.2, 0.25) is 5.91 Å². The van der Waals surface area contributed by atoms with E-state index in [2.05, 4.69) is 15.5 Å². The first-order chi connectivity index (χ1) is 9.59. The van der Waals surface area contributed by atoms with Crippen molar-refractivity contribution in [2.24, 2.45) is 0 Å². The molecule has 20 heavy (non-hydrogen) atoms. The van der Waals surface area contributed by atoms with Gasteiger partial charge in [-0.15, -0.1) is 0 Å². The molecular formula is C15H22ClN3O. The fourth-order valence-corrected chi connectivity index (χ4v) is 2.77. The molecule has 0 aliphatic carbocycles. The maximum atomic E-state index is 12.3. The Kier molecular flexibility index (Phi) is 5.40. The zero-order valence-electron chi connectivity index (χ0n) is 12.0. The van der Waals surface area contributed by atoms with Crippen molar-refractivity contribution in [3.05, 3.63) is 34.9 Å². The number of halogens is 1. The lowest BCUT2D eigenvalue weighted by atomic mass is 10.1. The number of nitrogens with one attached hydrogen (secondary N) is 2. The topological polar surface area (TPSA) is 44.4 Å². The van der Waals surface area contributed by atoms with Crippen LogP contribution in [-0.4, -0.2) is 43.0 Å². The number of carbonyl (C=O) groups excluding carboxylic acids is 1. The predicted molar refractivity (Wildman–Crippen MR) is 81.9 cm³/mol. The lowest BCUT2D eigenvalue weighted by Gasteiger charge is -2.32. The minimum absolute atomic E-state index is 0.0549. The van der Waals surface area contributed by atoms with Crippen LogP contribution in [0.25, 0.3) is 0 Å². The van der Waals surface area contributed by atoms with Crippen LogP contribution in [0.3, 0.4) is 0 Å². The van der Waals surface area contributed by atoms with Crippen molar-refractivity contribution in [1.29, 1.82) is 0 Å². The summed E-state index contributed by atoms with van der Waals surface area (Å²) >= 11 is 6.16. The zero-order chi connectivity index (χ0) is 14.5. The van der Waals surface area contributed by atoms with Crippen LogP contribution in [0.2, 0.25) is 5.02 Å². The van der Waals surface area contributed by atoms with Gasteiger partial charge in [-0.05, 0) is 25.5 Å². The van der Waals surface area contributed by atoms with Gasteiger partial charge in [-0.1, -0.05) is 29.8 Å². The maximum absolute atomic E-state index is 12.3. The minimum Gasteiger partial charge on any atom is -0.348 e. The van der Waals surface area contributed by atoms with E-state index in [9.17, 15) is 4.79 Å². The third-order valence-corrected chi connectivity index (χ3v) is 4.15. The number of rotatable bonds is 4. The Hall–Kier alpha value is -1.10. The van der Waals surface area contributed by atoms with Crippen LogP contribution in [-0.2, 0) is 4.79 Å². The van der Waals surface area contributed by atoms with Crippen LogP contribution in [0.4, 0.5) is 0 Å². The molecule has 1 aliphatic rings. The molecule has 1 amide bonds. The fourth-order valence-electron chi connectivity index (χ4n) is 2.47. The monoisotopic (exact) mass is 295 g/mol. The molecule has 0 aromatic heterocycles. The highest BCUT2D eigenvalue weighted by atomic mass is 35.5. The van der Waals surface area contributed by atoms with Gasteiger partial charge in [0.1, 0.15) is 0 Å². The van der Waals surface area contributed by atoms with E-state index in [-0.39, 0.29) is 18.0 Å². The van der Waals surface area contributed by atoms with Crippen LogP contribution in [0.1, 0.15) is 25.5 Å². The highest BCUT2D eigenvalue weighted by Crippen LogP contribution is 2.22. The summed E-state index contributed by atoms with van der Waals surface area (Å²) in [6.45, 7) is 7.63. The maximum Gasteiger partial charge on any atom is 0.237 e. The van der Waals surface area contributed by atoms with Gasteiger partial charge < -0.3 is 10.6 Å². The molecule has 2 rings (SSSR count). The summed E-state index contributed by atoms with van der Waals surface area (Å²) in [6.07, 6.45) is 0. The molecule has 2 unspecified atom stereocenters. The highest BCUT2D eigenvalue weighted by Gasteiger charge is 2.24. The first kappa shape index (κ1) is 15.3. The summed E-state index contributed by atoms with van der Waals surface area (Å²) in [5.74, 6) is 0.0549. The van der Waals surface area contributed by atoms with Crippen LogP contribution in [0.15, 0.2) is 24.3 Å². The van der Waals surface area contributed by atoms with Crippen LogP contribution < -0.4 is 10.6 Å². The second-order valence-corrected chi connectivity index (χ2v) is 5.62. The first-order valence-corrected chi connectivity index (χ1v) is 7.47. The Labute approximate surface area is 125 Å². The van der Waals surface area contributed by atoms with E-state index < -0.39 is 0 Å². The summed E-state index contributed by atoms with van der Waals surface area (Å²) in [5, 5.41) is 7.03. The smallest absolute Gasteiger partial charge is 0.237 e. The third kappa shape index (κ3) is 3.72. The van der Waals surface area contributed by atoms with Crippen molar-refractivity contribution in [2.45, 2.75) is 25.9 Å². The predicted octanol–water partition coefficient (Wildman–Crippen LogP) is 1.81. The number of carbonyl (C=O) groups is 1. The average Bonchev–Trinajstić information content (AvgIpc) is 2.47. The molecule has 0 radical (unpaired) electrons. The van der Waals surface area contributed by atoms with Gasteiger partial charge in [-0.25, -0.2) is 0 Å². The summed E-state index contributed by atoms with van der Waals surface area (Å²) in [7, 11) is 0. The highest BCUT2D eigenvalue weighted by molar-refractivity contribution is 6.31. The van der Waals surface area contributed by atoms with Gasteiger partial charge in [-0.2, -0.15) is 0 Å². The fraction of sp³-hybridized carbons (Fsp3) is 0.533. The van der Waals surface area contributed by atoms with E-state index in [0.29, 0.717) is 5.02 Å². The molecule has 1 aliphatic heterocycles. The molecule has 0 saturated carbocycles. The Morgan fingerprint density at radius 2 is 1.95 bits per heavy atom. The van der Waals surface area contributed by atoms with Gasteiger partial charge in [0.15, 0.2) is 0 Å². The van der Waals surface area contributed by atoms with Crippen molar-refractivity contribution in [3.63, 3.8) is 0 Å². The van der Waals surface area contributed by atoms with Crippen molar-refractivity contribution >= 4 is 17.5 Å². The molecule has 5 heteroatoms. The normalized spacial score (nSPS) is 19.4. The summed E-state index contributed by atoms with van der Waals surface area (Å²) in [4.78, 5) is 14.5. The second kappa shape index (κ2) is 7.07. The third-order valence-electron chi connectivity index (χ3n) is 3.81. The molecule has 4 nitrogen and oxygen atoms in total. The van der Waals surface area contributed by atoms with Gasteiger partial charge in [0.25, 0.3) is 0 Å². The number of benzene rings is 1. The number of piperazine rings is 1. The lowest BCUT2D eigenvalue weighted by Crippen LogP contribution is -2.52. The molecular weight excluding hydrogens is 274 g/mol. The van der Waals surface area contributed by atoms with Crippen LogP contribution in [0, 0.1) is 0 Å². The average molecular weight is 296 g/mol. The van der Waals surface area contributed by atoms with Gasteiger partial charge in [0.05, 0.1) is 12.1 Å². The number of nitrogens with zero attached hydrogens (tertiary/aromatic N) is 1. The van der Waals surface area contributed by atoms with Crippen molar-refractivity contribution in [3.8, 4) is 0 Å². The van der Waals surface area contributed by atoms with E-state index >= 15 is 0 Å². The number of hydrogen-bond donors (Lipinski definition) is 2. The molecule has 1 saturated heterocycles. The minimum atomic E-state index is -0.109.